The smallest absolute Gasteiger partial charge is 0.393 e. The number of tetrazole rings is 1. The number of nitro benzene ring substituents is 2. The lowest BCUT2D eigenvalue weighted by Gasteiger charge is -2.11. The number of ether oxygens (including phenoxy) is 3. The highest BCUT2D eigenvalue weighted by Gasteiger charge is 2.33. The Balaban J connectivity index is 1.91. The largest absolute Gasteiger partial charge is 0.493 e. The SMILES string of the molecule is COc1cc([N+](=O)[O-])c(S(=O)(=O)O)cc1OC(=Nc1ccccc1)c1n[nH][n+](-c2cc(S(=O)(=O)O)c([N+](=O)[O-])cc2OC)n1. The van der Waals surface area contributed by atoms with Gasteiger partial charge in [0.05, 0.1) is 47.0 Å². The zero-order valence-corrected chi connectivity index (χ0v) is 23.7. The van der Waals surface area contributed by atoms with E-state index in [0.29, 0.717) is 18.2 Å². The van der Waals surface area contributed by atoms with Gasteiger partial charge in [0.2, 0.25) is 5.69 Å². The van der Waals surface area contributed by atoms with Crippen molar-refractivity contribution < 1.29 is 54.8 Å². The molecule has 4 rings (SSSR count). The van der Waals surface area contributed by atoms with Crippen LogP contribution in [0.5, 0.6) is 17.2 Å². The molecule has 0 saturated carbocycles. The van der Waals surface area contributed by atoms with Crippen LogP contribution >= 0.6 is 0 Å². The number of benzene rings is 3. The molecule has 22 heteroatoms. The van der Waals surface area contributed by atoms with E-state index < -0.39 is 68.7 Å². The van der Waals surface area contributed by atoms with Crippen molar-refractivity contribution in [3.63, 3.8) is 0 Å². The summed E-state index contributed by atoms with van der Waals surface area (Å²) >= 11 is 0. The number of aliphatic imine (C=N–C) groups is 1. The number of methoxy groups -OCH3 is 2. The molecule has 3 N–H and O–H groups in total. The monoisotopic (exact) mass is 652 g/mol. The Morgan fingerprint density at radius 2 is 1.41 bits per heavy atom. The molecule has 0 aliphatic carbocycles. The lowest BCUT2D eigenvalue weighted by atomic mass is 10.2. The molecule has 0 amide bonds. The lowest BCUT2D eigenvalue weighted by molar-refractivity contribution is -0.717. The van der Waals surface area contributed by atoms with Crippen LogP contribution in [0.1, 0.15) is 5.82 Å². The summed E-state index contributed by atoms with van der Waals surface area (Å²) in [6.07, 6.45) is 0. The first-order chi connectivity index (χ1) is 20.6. The van der Waals surface area contributed by atoms with Crippen LogP contribution in [0.2, 0.25) is 0 Å². The first-order valence-corrected chi connectivity index (χ1v) is 14.4. The molecule has 1 aromatic heterocycles. The van der Waals surface area contributed by atoms with Gasteiger partial charge in [-0.2, -0.15) is 16.8 Å². The Labute approximate surface area is 245 Å². The number of nitrogens with zero attached hydrogens (tertiary/aromatic N) is 6. The van der Waals surface area contributed by atoms with E-state index in [1.54, 1.807) is 18.2 Å². The molecule has 1 heterocycles. The highest BCUT2D eigenvalue weighted by Crippen LogP contribution is 2.37. The van der Waals surface area contributed by atoms with Crippen molar-refractivity contribution >= 4 is 43.2 Å². The van der Waals surface area contributed by atoms with Gasteiger partial charge < -0.3 is 14.2 Å². The number of aromatic amines is 1. The highest BCUT2D eigenvalue weighted by atomic mass is 32.2. The zero-order valence-electron chi connectivity index (χ0n) is 22.1. The van der Waals surface area contributed by atoms with Crippen molar-refractivity contribution in [3.05, 3.63) is 80.7 Å². The van der Waals surface area contributed by atoms with E-state index in [1.165, 1.54) is 12.1 Å². The second kappa shape index (κ2) is 12.0. The van der Waals surface area contributed by atoms with E-state index >= 15 is 0 Å². The molecular weight excluding hydrogens is 634 g/mol. The van der Waals surface area contributed by atoms with Crippen molar-refractivity contribution in [2.75, 3.05) is 14.2 Å². The summed E-state index contributed by atoms with van der Waals surface area (Å²) in [5.74, 6) is -2.03. The fourth-order valence-electron chi connectivity index (χ4n) is 3.61. The Hall–Kier alpha value is -5.58. The summed E-state index contributed by atoms with van der Waals surface area (Å²) in [5, 5.41) is 33.3. The first kappa shape index (κ1) is 31.4. The van der Waals surface area contributed by atoms with Gasteiger partial charge in [0.1, 0.15) is 0 Å². The molecule has 0 aliphatic heterocycles. The molecule has 0 atom stereocenters. The minimum absolute atomic E-state index is 0.247. The third-order valence-electron chi connectivity index (χ3n) is 5.51. The van der Waals surface area contributed by atoms with Gasteiger partial charge in [0.25, 0.3) is 17.3 Å². The van der Waals surface area contributed by atoms with E-state index in [-0.39, 0.29) is 22.9 Å². The second-order valence-corrected chi connectivity index (χ2v) is 11.0. The maximum Gasteiger partial charge on any atom is 0.393 e. The standard InChI is InChI=1S/C22H17N7O13S2/c1-40-16-8-14(28(30)31)19(43(34,35)36)10-13(16)27-25-21(24-26-27)22(23-12-6-4-3-5-7-12)42-18-11-20(44(37,38)39)15(29(32)33)9-17(18)41-2/h3-11H,1-2H3,(H2,34,35,36,37,38,39)/p+1. The Kier molecular flexibility index (Phi) is 8.52. The third-order valence-corrected chi connectivity index (χ3v) is 7.28. The topological polar surface area (TPSA) is 281 Å². The van der Waals surface area contributed by atoms with Crippen LogP contribution in [0.3, 0.4) is 0 Å². The molecule has 0 unspecified atom stereocenters. The molecule has 20 nitrogen and oxygen atoms in total. The van der Waals surface area contributed by atoms with Gasteiger partial charge >= 0.3 is 26.1 Å². The van der Waals surface area contributed by atoms with Gasteiger partial charge in [-0.05, 0) is 27.2 Å². The van der Waals surface area contributed by atoms with Crippen molar-refractivity contribution in [2.45, 2.75) is 9.79 Å². The summed E-state index contributed by atoms with van der Waals surface area (Å²) < 4.78 is 82.8. The predicted molar refractivity (Wildman–Crippen MR) is 144 cm³/mol. The number of aromatic nitrogens is 4. The summed E-state index contributed by atoms with van der Waals surface area (Å²) in [5.41, 5.74) is -2.06. The third kappa shape index (κ3) is 6.57. The number of rotatable bonds is 10. The molecule has 230 valence electrons. The fourth-order valence-corrected chi connectivity index (χ4v) is 4.92. The number of para-hydroxylation sites is 1. The van der Waals surface area contributed by atoms with Gasteiger partial charge in [0.15, 0.2) is 27.0 Å². The fraction of sp³-hybridized carbons (Fsp3) is 0.0909. The molecule has 0 fully saturated rings. The summed E-state index contributed by atoms with van der Waals surface area (Å²) in [4.78, 5) is 23.6. The van der Waals surface area contributed by atoms with E-state index in [9.17, 15) is 46.2 Å². The molecule has 0 aliphatic rings. The molecular formula is C22H18N7O13S2+. The van der Waals surface area contributed by atoms with Crippen molar-refractivity contribution in [1.82, 2.24) is 15.4 Å². The summed E-state index contributed by atoms with van der Waals surface area (Å²) in [7, 11) is -8.04. The summed E-state index contributed by atoms with van der Waals surface area (Å²) in [6.45, 7) is 0. The maximum absolute atomic E-state index is 11.9. The lowest BCUT2D eigenvalue weighted by Crippen LogP contribution is -2.37. The van der Waals surface area contributed by atoms with Crippen LogP contribution in [0.4, 0.5) is 17.1 Å². The molecule has 0 saturated heterocycles. The van der Waals surface area contributed by atoms with Crippen molar-refractivity contribution in [2.24, 2.45) is 4.99 Å². The van der Waals surface area contributed by atoms with E-state index in [1.807, 2.05) is 0 Å². The van der Waals surface area contributed by atoms with Crippen molar-refractivity contribution in [1.29, 1.82) is 0 Å². The predicted octanol–water partition coefficient (Wildman–Crippen LogP) is 1.57. The molecule has 0 spiro atoms. The van der Waals surface area contributed by atoms with Gasteiger partial charge in [-0.3, -0.25) is 29.3 Å². The van der Waals surface area contributed by atoms with Crippen LogP contribution in [0.15, 0.2) is 69.4 Å². The van der Waals surface area contributed by atoms with E-state index in [0.717, 1.165) is 25.1 Å². The highest BCUT2D eigenvalue weighted by molar-refractivity contribution is 7.86. The Morgan fingerprint density at radius 3 is 1.93 bits per heavy atom. The summed E-state index contributed by atoms with van der Waals surface area (Å²) in [6, 6.07) is 10.7. The van der Waals surface area contributed by atoms with Crippen LogP contribution in [0.25, 0.3) is 5.69 Å². The normalized spacial score (nSPS) is 12.0. The number of H-pyrrole nitrogens is 1. The van der Waals surface area contributed by atoms with Crippen LogP contribution in [-0.2, 0) is 20.2 Å². The zero-order chi connectivity index (χ0) is 32.4. The minimum atomic E-state index is -5.14. The maximum atomic E-state index is 11.9. The average Bonchev–Trinajstić information content (AvgIpc) is 3.45. The van der Waals surface area contributed by atoms with Gasteiger partial charge in [-0.1, -0.05) is 18.2 Å². The average molecular weight is 653 g/mol. The van der Waals surface area contributed by atoms with E-state index in [2.05, 4.69) is 20.4 Å². The van der Waals surface area contributed by atoms with E-state index in [4.69, 9.17) is 14.2 Å². The number of hydrogen-bond acceptors (Lipinski definition) is 14. The molecule has 4 aromatic rings. The molecule has 0 radical (unpaired) electrons. The van der Waals surface area contributed by atoms with Crippen molar-refractivity contribution in [3.8, 4) is 22.9 Å². The molecule has 44 heavy (non-hydrogen) atoms. The van der Waals surface area contributed by atoms with Crippen LogP contribution in [0, 0.1) is 20.2 Å². The Morgan fingerprint density at radius 1 is 0.864 bits per heavy atom. The Bertz CT molecular complexity index is 2030. The van der Waals surface area contributed by atoms with Crippen LogP contribution < -0.4 is 19.0 Å². The van der Waals surface area contributed by atoms with Gasteiger partial charge in [0, 0.05) is 12.1 Å². The van der Waals surface area contributed by atoms with Gasteiger partial charge in [-0.25, -0.2) is 4.99 Å². The quantitative estimate of drug-likeness (QED) is 0.0547. The van der Waals surface area contributed by atoms with Gasteiger partial charge in [-0.15, -0.1) is 0 Å². The molecule has 0 bridgehead atoms. The number of nitro groups is 2. The number of hydrogen-bond donors (Lipinski definition) is 3. The minimum Gasteiger partial charge on any atom is -0.493 e. The first-order valence-electron chi connectivity index (χ1n) is 11.5. The number of nitrogens with one attached hydrogen (secondary N) is 1. The molecule has 3 aromatic carbocycles. The van der Waals surface area contributed by atoms with Crippen LogP contribution in [-0.4, -0.2) is 71.3 Å². The second-order valence-electron chi connectivity index (χ2n) is 8.23.